The predicted octanol–water partition coefficient (Wildman–Crippen LogP) is 4.19. The largest absolute Gasteiger partial charge is 0.491 e. The summed E-state index contributed by atoms with van der Waals surface area (Å²) in [6.07, 6.45) is -4.64. The molecule has 0 bridgehead atoms. The zero-order valence-electron chi connectivity index (χ0n) is 10.9. The highest BCUT2D eigenvalue weighted by Gasteiger charge is 2.37. The molecule has 2 nitrogen and oxygen atoms in total. The van der Waals surface area contributed by atoms with Crippen LogP contribution in [0.3, 0.4) is 0 Å². The molecule has 0 unspecified atom stereocenters. The van der Waals surface area contributed by atoms with E-state index < -0.39 is 17.7 Å². The first-order chi connectivity index (χ1) is 9.67. The van der Waals surface area contributed by atoms with Gasteiger partial charge in [0.2, 0.25) is 0 Å². The monoisotopic (exact) mass is 373 g/mol. The first-order valence-electron chi connectivity index (χ1n) is 6.27. The predicted molar refractivity (Wildman–Crippen MR) is 70.6 cm³/mol. The Balaban J connectivity index is 1.91. The highest BCUT2D eigenvalue weighted by atomic mass is 79.9. The van der Waals surface area contributed by atoms with Gasteiger partial charge in [0.15, 0.2) is 0 Å². The van der Waals surface area contributed by atoms with Gasteiger partial charge < -0.3 is 4.74 Å². The Bertz CT molecular complexity index is 506. The number of halogens is 6. The molecule has 0 spiro atoms. The summed E-state index contributed by atoms with van der Waals surface area (Å²) in [6, 6.07) is 3.09. The molecule has 0 radical (unpaired) electrons. The lowest BCUT2D eigenvalue weighted by Crippen LogP contribution is -2.29. The van der Waals surface area contributed by atoms with Gasteiger partial charge in [0.1, 0.15) is 12.4 Å². The molecule has 1 saturated heterocycles. The van der Waals surface area contributed by atoms with Gasteiger partial charge in [0, 0.05) is 19.5 Å². The molecular weight excluding hydrogens is 361 g/mol. The van der Waals surface area contributed by atoms with Crippen molar-refractivity contribution in [1.82, 2.24) is 4.90 Å². The van der Waals surface area contributed by atoms with E-state index in [2.05, 4.69) is 15.9 Å². The van der Waals surface area contributed by atoms with Crippen molar-refractivity contribution < 1.29 is 26.7 Å². The Kier molecular flexibility index (Phi) is 4.77. The van der Waals surface area contributed by atoms with Crippen molar-refractivity contribution in [2.75, 3.05) is 26.2 Å². The van der Waals surface area contributed by atoms with Gasteiger partial charge in [-0.15, -0.1) is 0 Å². The molecular formula is C13H13BrF5NO. The van der Waals surface area contributed by atoms with E-state index in [1.807, 2.05) is 0 Å². The first-order valence-corrected chi connectivity index (χ1v) is 7.06. The van der Waals surface area contributed by atoms with Crippen LogP contribution in [-0.4, -0.2) is 37.1 Å². The molecule has 0 N–H and O–H groups in total. The van der Waals surface area contributed by atoms with E-state index in [0.29, 0.717) is 4.47 Å². The standard InChI is InChI=1S/C13H13BrF5NO/c14-10-2-1-9(13(17,18)19)7-11(10)21-6-5-20-4-3-12(15,16)8-20/h1-2,7H,3-6,8H2. The fraction of sp³-hybridized carbons (Fsp3) is 0.538. The van der Waals surface area contributed by atoms with Crippen molar-refractivity contribution in [1.29, 1.82) is 0 Å². The fourth-order valence-electron chi connectivity index (χ4n) is 2.07. The molecule has 1 aromatic carbocycles. The SMILES string of the molecule is FC1(F)CCN(CCOc2cc(C(F)(F)F)ccc2Br)C1. The number of benzene rings is 1. The van der Waals surface area contributed by atoms with E-state index >= 15 is 0 Å². The summed E-state index contributed by atoms with van der Waals surface area (Å²) in [5.74, 6) is -2.63. The van der Waals surface area contributed by atoms with Crippen LogP contribution in [0.1, 0.15) is 12.0 Å². The van der Waals surface area contributed by atoms with Crippen molar-refractivity contribution in [3.05, 3.63) is 28.2 Å². The summed E-state index contributed by atoms with van der Waals surface area (Å²) in [4.78, 5) is 1.53. The van der Waals surface area contributed by atoms with Crippen molar-refractivity contribution in [3.8, 4) is 5.75 Å². The number of hydrogen-bond acceptors (Lipinski definition) is 2. The van der Waals surface area contributed by atoms with Gasteiger partial charge in [-0.3, -0.25) is 4.90 Å². The van der Waals surface area contributed by atoms with E-state index in [4.69, 9.17) is 4.74 Å². The summed E-state index contributed by atoms with van der Waals surface area (Å²) >= 11 is 3.10. The maximum Gasteiger partial charge on any atom is 0.416 e. The molecule has 0 aliphatic carbocycles. The number of ether oxygens (including phenoxy) is 1. The topological polar surface area (TPSA) is 12.5 Å². The van der Waals surface area contributed by atoms with Crippen LogP contribution in [0.25, 0.3) is 0 Å². The van der Waals surface area contributed by atoms with Crippen LogP contribution in [0, 0.1) is 0 Å². The lowest BCUT2D eigenvalue weighted by molar-refractivity contribution is -0.137. The van der Waals surface area contributed by atoms with Gasteiger partial charge >= 0.3 is 6.18 Å². The average molecular weight is 374 g/mol. The Morgan fingerprint density at radius 3 is 2.57 bits per heavy atom. The molecule has 1 fully saturated rings. The summed E-state index contributed by atoms with van der Waals surface area (Å²) in [7, 11) is 0. The van der Waals surface area contributed by atoms with Crippen LogP contribution in [0.15, 0.2) is 22.7 Å². The highest BCUT2D eigenvalue weighted by molar-refractivity contribution is 9.10. The zero-order valence-corrected chi connectivity index (χ0v) is 12.5. The Hall–Kier alpha value is -0.890. The Morgan fingerprint density at radius 2 is 2.00 bits per heavy atom. The van der Waals surface area contributed by atoms with Crippen molar-refractivity contribution in [2.24, 2.45) is 0 Å². The normalized spacial score (nSPS) is 19.0. The van der Waals surface area contributed by atoms with E-state index in [-0.39, 0.29) is 38.4 Å². The van der Waals surface area contributed by atoms with Crippen molar-refractivity contribution in [2.45, 2.75) is 18.5 Å². The molecule has 1 aliphatic heterocycles. The minimum absolute atomic E-state index is 0.0516. The van der Waals surface area contributed by atoms with E-state index in [9.17, 15) is 22.0 Å². The molecule has 0 amide bonds. The second kappa shape index (κ2) is 6.08. The molecule has 2 rings (SSSR count). The minimum atomic E-state index is -4.45. The van der Waals surface area contributed by atoms with Crippen LogP contribution in [-0.2, 0) is 6.18 Å². The van der Waals surface area contributed by atoms with Gasteiger partial charge in [0.25, 0.3) is 5.92 Å². The van der Waals surface area contributed by atoms with E-state index in [0.717, 1.165) is 12.1 Å². The summed E-state index contributed by atoms with van der Waals surface area (Å²) in [6.45, 7) is 0.231. The molecule has 8 heteroatoms. The van der Waals surface area contributed by atoms with Gasteiger partial charge in [-0.1, -0.05) is 0 Å². The summed E-state index contributed by atoms with van der Waals surface area (Å²) < 4.78 is 69.4. The van der Waals surface area contributed by atoms with Crippen molar-refractivity contribution in [3.63, 3.8) is 0 Å². The van der Waals surface area contributed by atoms with Crippen LogP contribution in [0.4, 0.5) is 22.0 Å². The fourth-order valence-corrected chi connectivity index (χ4v) is 2.43. The molecule has 1 aromatic rings. The lowest BCUT2D eigenvalue weighted by Gasteiger charge is -2.17. The maximum absolute atomic E-state index is 13.0. The van der Waals surface area contributed by atoms with Gasteiger partial charge in [-0.2, -0.15) is 13.2 Å². The number of rotatable bonds is 4. The first kappa shape index (κ1) is 16.5. The minimum Gasteiger partial charge on any atom is -0.491 e. The summed E-state index contributed by atoms with van der Waals surface area (Å²) in [5.41, 5.74) is -0.812. The third-order valence-electron chi connectivity index (χ3n) is 3.17. The smallest absolute Gasteiger partial charge is 0.416 e. The van der Waals surface area contributed by atoms with Crippen LogP contribution in [0.2, 0.25) is 0 Å². The number of hydrogen-bond donors (Lipinski definition) is 0. The Labute approximate surface area is 127 Å². The van der Waals surface area contributed by atoms with Gasteiger partial charge in [0.05, 0.1) is 16.6 Å². The second-order valence-electron chi connectivity index (χ2n) is 4.87. The Morgan fingerprint density at radius 1 is 1.29 bits per heavy atom. The van der Waals surface area contributed by atoms with Crippen LogP contribution >= 0.6 is 15.9 Å². The second-order valence-corrected chi connectivity index (χ2v) is 5.73. The van der Waals surface area contributed by atoms with Crippen molar-refractivity contribution >= 4 is 15.9 Å². The maximum atomic E-state index is 13.0. The van der Waals surface area contributed by atoms with Crippen LogP contribution in [0.5, 0.6) is 5.75 Å². The van der Waals surface area contributed by atoms with E-state index in [1.165, 1.54) is 11.0 Å². The molecule has 21 heavy (non-hydrogen) atoms. The molecule has 1 aliphatic rings. The zero-order chi connectivity index (χ0) is 15.7. The molecule has 0 atom stereocenters. The molecule has 0 saturated carbocycles. The van der Waals surface area contributed by atoms with Gasteiger partial charge in [-0.25, -0.2) is 8.78 Å². The third kappa shape index (κ3) is 4.54. The van der Waals surface area contributed by atoms with E-state index in [1.54, 1.807) is 0 Å². The summed E-state index contributed by atoms with van der Waals surface area (Å²) in [5, 5.41) is 0. The number of likely N-dealkylation sites (tertiary alicyclic amines) is 1. The quantitative estimate of drug-likeness (QED) is 0.733. The number of nitrogens with zero attached hydrogens (tertiary/aromatic N) is 1. The third-order valence-corrected chi connectivity index (χ3v) is 3.83. The molecule has 0 aromatic heterocycles. The average Bonchev–Trinajstić information content (AvgIpc) is 2.70. The molecule has 1 heterocycles. The van der Waals surface area contributed by atoms with Crippen LogP contribution < -0.4 is 4.74 Å². The lowest BCUT2D eigenvalue weighted by atomic mass is 10.2. The number of alkyl halides is 5. The highest BCUT2D eigenvalue weighted by Crippen LogP contribution is 2.35. The van der Waals surface area contributed by atoms with Gasteiger partial charge in [-0.05, 0) is 34.1 Å². The molecule has 118 valence electrons.